The SMILES string of the molecule is O=C(c1ccco1)N1CCCN(C(=O)c2c(F)cccc2Cl)CC1. The highest BCUT2D eigenvalue weighted by Crippen LogP contribution is 2.21. The van der Waals surface area contributed by atoms with Gasteiger partial charge >= 0.3 is 0 Å². The Bertz CT molecular complexity index is 728. The average molecular weight is 351 g/mol. The van der Waals surface area contributed by atoms with E-state index in [0.29, 0.717) is 32.6 Å². The molecule has 0 atom stereocenters. The maximum absolute atomic E-state index is 13.9. The largest absolute Gasteiger partial charge is 0.459 e. The van der Waals surface area contributed by atoms with Crippen molar-refractivity contribution in [1.29, 1.82) is 0 Å². The van der Waals surface area contributed by atoms with Gasteiger partial charge in [-0.15, -0.1) is 0 Å². The van der Waals surface area contributed by atoms with Gasteiger partial charge in [-0.3, -0.25) is 9.59 Å². The zero-order chi connectivity index (χ0) is 17.1. The third-order valence-corrected chi connectivity index (χ3v) is 4.29. The van der Waals surface area contributed by atoms with Crippen LogP contribution in [0.3, 0.4) is 0 Å². The summed E-state index contributed by atoms with van der Waals surface area (Å²) >= 11 is 5.97. The normalized spacial score (nSPS) is 15.2. The minimum atomic E-state index is -0.639. The van der Waals surface area contributed by atoms with Crippen molar-refractivity contribution in [1.82, 2.24) is 9.80 Å². The number of hydrogen-bond donors (Lipinski definition) is 0. The van der Waals surface area contributed by atoms with Crippen LogP contribution in [-0.2, 0) is 0 Å². The molecule has 3 rings (SSSR count). The summed E-state index contributed by atoms with van der Waals surface area (Å²) in [7, 11) is 0. The van der Waals surface area contributed by atoms with Crippen molar-refractivity contribution in [3.63, 3.8) is 0 Å². The first-order valence-electron chi connectivity index (χ1n) is 7.64. The molecular weight excluding hydrogens is 335 g/mol. The molecule has 0 bridgehead atoms. The molecule has 0 aliphatic carbocycles. The van der Waals surface area contributed by atoms with Crippen LogP contribution >= 0.6 is 11.6 Å². The number of benzene rings is 1. The summed E-state index contributed by atoms with van der Waals surface area (Å²) < 4.78 is 19.1. The van der Waals surface area contributed by atoms with Crippen molar-refractivity contribution >= 4 is 23.4 Å². The van der Waals surface area contributed by atoms with Crippen LogP contribution in [0.2, 0.25) is 5.02 Å². The summed E-state index contributed by atoms with van der Waals surface area (Å²) in [5, 5.41) is 0.0905. The molecule has 7 heteroatoms. The number of carbonyl (C=O) groups excluding carboxylic acids is 2. The first-order chi connectivity index (χ1) is 11.6. The highest BCUT2D eigenvalue weighted by molar-refractivity contribution is 6.33. The Morgan fingerprint density at radius 3 is 2.33 bits per heavy atom. The summed E-state index contributed by atoms with van der Waals surface area (Å²) in [4.78, 5) is 28.1. The molecule has 1 aliphatic rings. The summed E-state index contributed by atoms with van der Waals surface area (Å²) in [6, 6.07) is 7.42. The molecule has 1 fully saturated rings. The zero-order valence-electron chi connectivity index (χ0n) is 12.9. The van der Waals surface area contributed by atoms with Gasteiger partial charge in [0.25, 0.3) is 11.8 Å². The van der Waals surface area contributed by atoms with E-state index >= 15 is 0 Å². The van der Waals surface area contributed by atoms with Gasteiger partial charge < -0.3 is 14.2 Å². The lowest BCUT2D eigenvalue weighted by Crippen LogP contribution is -2.37. The van der Waals surface area contributed by atoms with Crippen LogP contribution in [0, 0.1) is 5.82 Å². The second-order valence-electron chi connectivity index (χ2n) is 5.51. The van der Waals surface area contributed by atoms with E-state index in [2.05, 4.69) is 0 Å². The highest BCUT2D eigenvalue weighted by atomic mass is 35.5. The molecule has 2 aromatic rings. The summed E-state index contributed by atoms with van der Waals surface area (Å²) in [6.45, 7) is 1.62. The van der Waals surface area contributed by atoms with E-state index in [0.717, 1.165) is 0 Å². The van der Waals surface area contributed by atoms with E-state index in [1.807, 2.05) is 0 Å². The fourth-order valence-electron chi connectivity index (χ4n) is 2.74. The van der Waals surface area contributed by atoms with Gasteiger partial charge in [0.1, 0.15) is 5.82 Å². The molecule has 2 amide bonds. The molecule has 24 heavy (non-hydrogen) atoms. The third-order valence-electron chi connectivity index (χ3n) is 3.98. The molecular formula is C17H16ClFN2O3. The Morgan fingerprint density at radius 2 is 1.71 bits per heavy atom. The van der Waals surface area contributed by atoms with E-state index < -0.39 is 11.7 Å². The third kappa shape index (κ3) is 3.28. The van der Waals surface area contributed by atoms with Crippen molar-refractivity contribution in [2.45, 2.75) is 6.42 Å². The topological polar surface area (TPSA) is 53.8 Å². The minimum absolute atomic E-state index is 0.0905. The second-order valence-corrected chi connectivity index (χ2v) is 5.92. The number of carbonyl (C=O) groups is 2. The highest BCUT2D eigenvalue weighted by Gasteiger charge is 2.27. The zero-order valence-corrected chi connectivity index (χ0v) is 13.6. The van der Waals surface area contributed by atoms with Crippen LogP contribution in [0.5, 0.6) is 0 Å². The molecule has 0 saturated carbocycles. The van der Waals surface area contributed by atoms with Crippen LogP contribution < -0.4 is 0 Å². The number of amides is 2. The molecule has 1 aromatic heterocycles. The van der Waals surface area contributed by atoms with Crippen LogP contribution in [0.1, 0.15) is 27.3 Å². The molecule has 1 aliphatic heterocycles. The number of furan rings is 1. The predicted molar refractivity (Wildman–Crippen MR) is 86.5 cm³/mol. The van der Waals surface area contributed by atoms with Gasteiger partial charge in [0.2, 0.25) is 0 Å². The Kier molecular flexibility index (Phi) is 4.85. The molecule has 5 nitrogen and oxygen atoms in total. The number of hydrogen-bond acceptors (Lipinski definition) is 3. The lowest BCUT2D eigenvalue weighted by atomic mass is 10.1. The van der Waals surface area contributed by atoms with Crippen LogP contribution in [0.4, 0.5) is 4.39 Å². The second kappa shape index (κ2) is 7.05. The van der Waals surface area contributed by atoms with Crippen molar-refractivity contribution in [2.24, 2.45) is 0 Å². The maximum atomic E-state index is 13.9. The van der Waals surface area contributed by atoms with Gasteiger partial charge in [-0.05, 0) is 30.7 Å². The molecule has 0 radical (unpaired) electrons. The van der Waals surface area contributed by atoms with Crippen LogP contribution in [0.25, 0.3) is 0 Å². The van der Waals surface area contributed by atoms with Gasteiger partial charge in [-0.25, -0.2) is 4.39 Å². The van der Waals surface area contributed by atoms with E-state index in [1.165, 1.54) is 29.4 Å². The lowest BCUT2D eigenvalue weighted by Gasteiger charge is -2.22. The van der Waals surface area contributed by atoms with Crippen molar-refractivity contribution in [2.75, 3.05) is 26.2 Å². The fraction of sp³-hybridized carbons (Fsp3) is 0.294. The Labute approximate surface area is 143 Å². The molecule has 0 N–H and O–H groups in total. The minimum Gasteiger partial charge on any atom is -0.459 e. The summed E-state index contributed by atoms with van der Waals surface area (Å²) in [6.07, 6.45) is 2.05. The lowest BCUT2D eigenvalue weighted by molar-refractivity contribution is 0.0698. The molecule has 2 heterocycles. The van der Waals surface area contributed by atoms with Crippen molar-refractivity contribution < 1.29 is 18.4 Å². The Balaban J connectivity index is 1.71. The van der Waals surface area contributed by atoms with Gasteiger partial charge in [-0.2, -0.15) is 0 Å². The monoisotopic (exact) mass is 350 g/mol. The first-order valence-corrected chi connectivity index (χ1v) is 8.02. The van der Waals surface area contributed by atoms with Gasteiger partial charge in [0, 0.05) is 26.2 Å². The van der Waals surface area contributed by atoms with Crippen molar-refractivity contribution in [3.8, 4) is 0 Å². The van der Waals surface area contributed by atoms with Crippen LogP contribution in [0.15, 0.2) is 41.0 Å². The Morgan fingerprint density at radius 1 is 1.00 bits per heavy atom. The molecule has 1 saturated heterocycles. The molecule has 0 unspecified atom stereocenters. The van der Waals surface area contributed by atoms with E-state index in [9.17, 15) is 14.0 Å². The number of nitrogens with zero attached hydrogens (tertiary/aromatic N) is 2. The summed E-state index contributed by atoms with van der Waals surface area (Å²) in [5.41, 5.74) is -0.120. The van der Waals surface area contributed by atoms with Crippen molar-refractivity contribution in [3.05, 3.63) is 58.8 Å². The smallest absolute Gasteiger partial charge is 0.289 e. The van der Waals surface area contributed by atoms with E-state index in [1.54, 1.807) is 17.0 Å². The molecule has 126 valence electrons. The Hall–Kier alpha value is -2.34. The first kappa shape index (κ1) is 16.5. The average Bonchev–Trinajstić information content (AvgIpc) is 2.98. The maximum Gasteiger partial charge on any atom is 0.289 e. The van der Waals surface area contributed by atoms with E-state index in [4.69, 9.17) is 16.0 Å². The predicted octanol–water partition coefficient (Wildman–Crippen LogP) is 3.06. The standard InChI is InChI=1S/C17H16ClFN2O3/c18-12-4-1-5-13(19)15(12)17(23)21-8-3-7-20(9-10-21)16(22)14-6-2-11-24-14/h1-2,4-6,11H,3,7-10H2. The number of rotatable bonds is 2. The van der Waals surface area contributed by atoms with Crippen LogP contribution in [-0.4, -0.2) is 47.8 Å². The molecule has 1 aromatic carbocycles. The van der Waals surface area contributed by atoms with Gasteiger partial charge in [0.15, 0.2) is 5.76 Å². The number of halogens is 2. The summed E-state index contributed by atoms with van der Waals surface area (Å²) in [5.74, 6) is -1.03. The fourth-order valence-corrected chi connectivity index (χ4v) is 2.98. The molecule has 0 spiro atoms. The quantitative estimate of drug-likeness (QED) is 0.836. The van der Waals surface area contributed by atoms with Gasteiger partial charge in [0.05, 0.1) is 16.8 Å². The van der Waals surface area contributed by atoms with E-state index in [-0.39, 0.29) is 22.3 Å². The van der Waals surface area contributed by atoms with Gasteiger partial charge in [-0.1, -0.05) is 17.7 Å².